The Bertz CT molecular complexity index is 574. The minimum Gasteiger partial charge on any atom is -0.485 e. The van der Waals surface area contributed by atoms with E-state index in [1.807, 2.05) is 43.0 Å². The third-order valence-corrected chi connectivity index (χ3v) is 4.55. The average molecular weight is 333 g/mol. The standard InChI is InChI=1S/C18H27N3O3/c1-13(23-12-14-6-7-14)18(22)21-10-8-15(11-21)24-16-5-4-9-19-17(16)20(2)3/h4-5,9,13-15H,6-8,10-12H2,1-3H3/t13-,15+/m1/s1. The molecule has 6 nitrogen and oxygen atoms in total. The van der Waals surface area contributed by atoms with Crippen molar-refractivity contribution in [3.8, 4) is 5.75 Å². The van der Waals surface area contributed by atoms with Crippen LogP contribution in [0.2, 0.25) is 0 Å². The number of pyridine rings is 1. The van der Waals surface area contributed by atoms with Gasteiger partial charge in [0.25, 0.3) is 5.91 Å². The van der Waals surface area contributed by atoms with Crippen LogP contribution in [0.5, 0.6) is 5.75 Å². The molecule has 0 bridgehead atoms. The fourth-order valence-electron chi connectivity index (χ4n) is 2.91. The van der Waals surface area contributed by atoms with Gasteiger partial charge in [0.1, 0.15) is 12.2 Å². The van der Waals surface area contributed by atoms with E-state index in [-0.39, 0.29) is 18.1 Å². The molecule has 1 amide bonds. The number of amides is 1. The maximum absolute atomic E-state index is 12.5. The molecule has 3 rings (SSSR count). The molecule has 0 unspecified atom stereocenters. The summed E-state index contributed by atoms with van der Waals surface area (Å²) in [5.41, 5.74) is 0. The van der Waals surface area contributed by atoms with E-state index in [9.17, 15) is 4.79 Å². The van der Waals surface area contributed by atoms with Crippen LogP contribution in [-0.2, 0) is 9.53 Å². The van der Waals surface area contributed by atoms with E-state index >= 15 is 0 Å². The van der Waals surface area contributed by atoms with Gasteiger partial charge in [-0.25, -0.2) is 4.98 Å². The Morgan fingerprint density at radius 2 is 2.21 bits per heavy atom. The summed E-state index contributed by atoms with van der Waals surface area (Å²) in [7, 11) is 3.89. The summed E-state index contributed by atoms with van der Waals surface area (Å²) in [4.78, 5) is 20.6. The van der Waals surface area contributed by atoms with Crippen molar-refractivity contribution in [3.63, 3.8) is 0 Å². The fourth-order valence-corrected chi connectivity index (χ4v) is 2.91. The molecule has 6 heteroatoms. The molecule has 0 spiro atoms. The Hall–Kier alpha value is -1.82. The predicted molar refractivity (Wildman–Crippen MR) is 92.3 cm³/mol. The number of carbonyl (C=O) groups is 1. The second-order valence-electron chi connectivity index (χ2n) is 6.95. The van der Waals surface area contributed by atoms with Gasteiger partial charge in [0.2, 0.25) is 0 Å². The van der Waals surface area contributed by atoms with Gasteiger partial charge in [0, 0.05) is 33.3 Å². The van der Waals surface area contributed by atoms with Crippen LogP contribution >= 0.6 is 0 Å². The number of likely N-dealkylation sites (tertiary alicyclic amines) is 1. The summed E-state index contributed by atoms with van der Waals surface area (Å²) >= 11 is 0. The molecule has 0 radical (unpaired) electrons. The summed E-state index contributed by atoms with van der Waals surface area (Å²) in [6.07, 6.45) is 4.71. The van der Waals surface area contributed by atoms with Crippen LogP contribution in [-0.4, -0.2) is 61.8 Å². The first kappa shape index (κ1) is 17.0. The number of nitrogens with zero attached hydrogens (tertiary/aromatic N) is 3. The minimum atomic E-state index is -0.361. The molecule has 24 heavy (non-hydrogen) atoms. The van der Waals surface area contributed by atoms with Crippen molar-refractivity contribution >= 4 is 11.7 Å². The molecule has 2 atom stereocenters. The zero-order chi connectivity index (χ0) is 17.1. The van der Waals surface area contributed by atoms with Crippen LogP contribution in [0.3, 0.4) is 0 Å². The van der Waals surface area contributed by atoms with Gasteiger partial charge in [-0.3, -0.25) is 4.79 Å². The van der Waals surface area contributed by atoms with Crippen molar-refractivity contribution in [2.45, 2.75) is 38.4 Å². The number of carbonyl (C=O) groups excluding carboxylic acids is 1. The Labute approximate surface area is 143 Å². The molecule has 2 heterocycles. The van der Waals surface area contributed by atoms with Crippen LogP contribution in [0.25, 0.3) is 0 Å². The lowest BCUT2D eigenvalue weighted by Gasteiger charge is -2.22. The zero-order valence-corrected chi connectivity index (χ0v) is 14.8. The lowest BCUT2D eigenvalue weighted by atomic mass is 10.3. The van der Waals surface area contributed by atoms with E-state index in [0.29, 0.717) is 19.1 Å². The number of aromatic nitrogens is 1. The third kappa shape index (κ3) is 4.17. The molecule has 1 saturated carbocycles. The van der Waals surface area contributed by atoms with Crippen molar-refractivity contribution in [1.29, 1.82) is 0 Å². The lowest BCUT2D eigenvalue weighted by Crippen LogP contribution is -2.38. The van der Waals surface area contributed by atoms with Crippen molar-refractivity contribution in [1.82, 2.24) is 9.88 Å². The van der Waals surface area contributed by atoms with E-state index in [2.05, 4.69) is 4.98 Å². The quantitative estimate of drug-likeness (QED) is 0.763. The summed E-state index contributed by atoms with van der Waals surface area (Å²) in [5.74, 6) is 2.31. The van der Waals surface area contributed by atoms with Crippen molar-refractivity contribution < 1.29 is 14.3 Å². The summed E-state index contributed by atoms with van der Waals surface area (Å²) in [5, 5.41) is 0. The van der Waals surface area contributed by atoms with E-state index in [0.717, 1.165) is 24.5 Å². The van der Waals surface area contributed by atoms with Gasteiger partial charge >= 0.3 is 0 Å². The molecule has 1 aliphatic carbocycles. The maximum Gasteiger partial charge on any atom is 0.251 e. The molecular weight excluding hydrogens is 306 g/mol. The topological polar surface area (TPSA) is 54.9 Å². The highest BCUT2D eigenvalue weighted by Gasteiger charge is 2.32. The van der Waals surface area contributed by atoms with Gasteiger partial charge in [-0.15, -0.1) is 0 Å². The number of rotatable bonds is 7. The van der Waals surface area contributed by atoms with Gasteiger partial charge in [-0.1, -0.05) is 0 Å². The van der Waals surface area contributed by atoms with Crippen LogP contribution < -0.4 is 9.64 Å². The average Bonchev–Trinajstić information content (AvgIpc) is 3.29. The number of anilines is 1. The first-order chi connectivity index (χ1) is 11.5. The minimum absolute atomic E-state index is 0.00693. The third-order valence-electron chi connectivity index (χ3n) is 4.55. The van der Waals surface area contributed by atoms with Crippen LogP contribution in [0.4, 0.5) is 5.82 Å². The summed E-state index contributed by atoms with van der Waals surface area (Å²) in [6.45, 7) is 3.89. The second-order valence-corrected chi connectivity index (χ2v) is 6.95. The van der Waals surface area contributed by atoms with Gasteiger partial charge < -0.3 is 19.3 Å². The van der Waals surface area contributed by atoms with E-state index in [1.54, 1.807) is 6.20 Å². The van der Waals surface area contributed by atoms with Crippen LogP contribution in [0.1, 0.15) is 26.2 Å². The molecule has 0 aromatic carbocycles. The molecule has 1 aromatic rings. The molecule has 2 fully saturated rings. The largest absolute Gasteiger partial charge is 0.485 e. The first-order valence-corrected chi connectivity index (χ1v) is 8.74. The van der Waals surface area contributed by atoms with Crippen LogP contribution in [0.15, 0.2) is 18.3 Å². The number of ether oxygens (including phenoxy) is 2. The molecule has 1 aromatic heterocycles. The number of hydrogen-bond acceptors (Lipinski definition) is 5. The smallest absolute Gasteiger partial charge is 0.251 e. The highest BCUT2D eigenvalue weighted by Crippen LogP contribution is 2.30. The Kier molecular flexibility index (Phi) is 5.23. The molecule has 1 aliphatic heterocycles. The van der Waals surface area contributed by atoms with Gasteiger partial charge in [0.05, 0.1) is 13.2 Å². The van der Waals surface area contributed by atoms with Crippen molar-refractivity contribution in [2.75, 3.05) is 38.7 Å². The molecule has 1 saturated heterocycles. The fraction of sp³-hybridized carbons (Fsp3) is 0.667. The molecule has 132 valence electrons. The Morgan fingerprint density at radius 1 is 1.42 bits per heavy atom. The highest BCUT2D eigenvalue weighted by molar-refractivity contribution is 5.80. The van der Waals surface area contributed by atoms with Gasteiger partial charge in [-0.2, -0.15) is 0 Å². The second kappa shape index (κ2) is 7.38. The summed E-state index contributed by atoms with van der Waals surface area (Å²) in [6, 6.07) is 3.79. The van der Waals surface area contributed by atoms with Gasteiger partial charge in [0.15, 0.2) is 11.6 Å². The van der Waals surface area contributed by atoms with Gasteiger partial charge in [-0.05, 0) is 37.8 Å². The SMILES string of the molecule is C[C@@H](OCC1CC1)C(=O)N1CC[C@H](Oc2cccnc2N(C)C)C1. The maximum atomic E-state index is 12.5. The zero-order valence-electron chi connectivity index (χ0n) is 14.8. The molecular formula is C18H27N3O3. The normalized spacial score (nSPS) is 21.6. The molecule has 2 aliphatic rings. The van der Waals surface area contributed by atoms with Crippen molar-refractivity contribution in [2.24, 2.45) is 5.92 Å². The molecule has 0 N–H and O–H groups in total. The number of hydrogen-bond donors (Lipinski definition) is 0. The predicted octanol–water partition coefficient (Wildman–Crippen LogP) is 1.94. The van der Waals surface area contributed by atoms with Crippen molar-refractivity contribution in [3.05, 3.63) is 18.3 Å². The first-order valence-electron chi connectivity index (χ1n) is 8.74. The monoisotopic (exact) mass is 333 g/mol. The van der Waals surface area contributed by atoms with Crippen LogP contribution in [0, 0.1) is 5.92 Å². The Balaban J connectivity index is 1.52. The van der Waals surface area contributed by atoms with E-state index in [1.165, 1.54) is 12.8 Å². The lowest BCUT2D eigenvalue weighted by molar-refractivity contribution is -0.142. The Morgan fingerprint density at radius 3 is 2.92 bits per heavy atom. The highest BCUT2D eigenvalue weighted by atomic mass is 16.5. The van der Waals surface area contributed by atoms with E-state index < -0.39 is 0 Å². The van der Waals surface area contributed by atoms with E-state index in [4.69, 9.17) is 9.47 Å². The summed E-state index contributed by atoms with van der Waals surface area (Å²) < 4.78 is 11.8.